The molecule has 1 atom stereocenters. The topological polar surface area (TPSA) is 38.3 Å². The second-order valence-corrected chi connectivity index (χ2v) is 5.27. The Hall–Kier alpha value is -2.29. The first-order valence-corrected chi connectivity index (χ1v) is 7.09. The molecular weight excluding hydrogens is 262 g/mol. The molecule has 3 heteroatoms. The van der Waals surface area contributed by atoms with Gasteiger partial charge in [0, 0.05) is 6.42 Å². The molecule has 2 aromatic carbocycles. The van der Waals surface area contributed by atoms with E-state index >= 15 is 0 Å². The minimum Gasteiger partial charge on any atom is -0.495 e. The van der Waals surface area contributed by atoms with Gasteiger partial charge in [-0.15, -0.1) is 0 Å². The molecule has 0 aliphatic rings. The molecule has 0 saturated heterocycles. The molecule has 0 aromatic heterocycles. The summed E-state index contributed by atoms with van der Waals surface area (Å²) in [5.74, 6) is 0.860. The number of methoxy groups -OCH3 is 1. The summed E-state index contributed by atoms with van der Waals surface area (Å²) in [6.07, 6.45) is 0.446. The summed E-state index contributed by atoms with van der Waals surface area (Å²) in [5.41, 5.74) is 2.98. The van der Waals surface area contributed by atoms with Crippen molar-refractivity contribution in [1.29, 1.82) is 0 Å². The molecule has 0 bridgehead atoms. The van der Waals surface area contributed by atoms with E-state index in [1.54, 1.807) is 7.11 Å². The van der Waals surface area contributed by atoms with Gasteiger partial charge >= 0.3 is 0 Å². The van der Waals surface area contributed by atoms with Crippen molar-refractivity contribution in [2.45, 2.75) is 26.2 Å². The molecule has 0 heterocycles. The number of carbonyl (C=O) groups is 1. The fourth-order valence-electron chi connectivity index (χ4n) is 2.30. The van der Waals surface area contributed by atoms with E-state index in [0.29, 0.717) is 12.2 Å². The number of hydrogen-bond acceptors (Lipinski definition) is 2. The van der Waals surface area contributed by atoms with Crippen molar-refractivity contribution in [1.82, 2.24) is 0 Å². The molecule has 1 N–H and O–H groups in total. The number of amides is 1. The van der Waals surface area contributed by atoms with Crippen molar-refractivity contribution in [2.24, 2.45) is 0 Å². The zero-order chi connectivity index (χ0) is 15.2. The first-order chi connectivity index (χ1) is 10.1. The van der Waals surface area contributed by atoms with Gasteiger partial charge in [0.2, 0.25) is 5.91 Å². The van der Waals surface area contributed by atoms with Gasteiger partial charge in [0.05, 0.1) is 12.8 Å². The van der Waals surface area contributed by atoms with Crippen molar-refractivity contribution in [3.63, 3.8) is 0 Å². The standard InChI is InChI=1S/C18H21NO2/c1-13-9-10-17(21-3)16(11-13)19-18(20)12-14(2)15-7-5-4-6-8-15/h4-11,14H,12H2,1-3H3,(H,19,20). The van der Waals surface area contributed by atoms with E-state index in [1.807, 2.05) is 55.5 Å². The summed E-state index contributed by atoms with van der Waals surface area (Å²) in [7, 11) is 1.60. The Bertz CT molecular complexity index is 608. The maximum absolute atomic E-state index is 12.2. The number of anilines is 1. The fraction of sp³-hybridized carbons (Fsp3) is 0.278. The molecule has 1 amide bonds. The number of hydrogen-bond donors (Lipinski definition) is 1. The van der Waals surface area contributed by atoms with Crippen LogP contribution >= 0.6 is 0 Å². The molecule has 0 fully saturated rings. The maximum Gasteiger partial charge on any atom is 0.225 e. The molecule has 21 heavy (non-hydrogen) atoms. The van der Waals surface area contributed by atoms with Gasteiger partial charge in [-0.1, -0.05) is 43.3 Å². The van der Waals surface area contributed by atoms with Crippen molar-refractivity contribution in [3.05, 3.63) is 59.7 Å². The van der Waals surface area contributed by atoms with Crippen LogP contribution in [0.2, 0.25) is 0 Å². The van der Waals surface area contributed by atoms with E-state index < -0.39 is 0 Å². The van der Waals surface area contributed by atoms with E-state index in [1.165, 1.54) is 5.56 Å². The Morgan fingerprint density at radius 2 is 1.90 bits per heavy atom. The molecular formula is C18H21NO2. The maximum atomic E-state index is 12.2. The molecule has 0 aliphatic heterocycles. The van der Waals surface area contributed by atoms with E-state index in [-0.39, 0.29) is 11.8 Å². The zero-order valence-electron chi connectivity index (χ0n) is 12.7. The summed E-state index contributed by atoms with van der Waals surface area (Å²) >= 11 is 0. The second kappa shape index (κ2) is 6.93. The first kappa shape index (κ1) is 15.1. The normalized spacial score (nSPS) is 11.8. The SMILES string of the molecule is COc1ccc(C)cc1NC(=O)CC(C)c1ccccc1. The molecule has 3 nitrogen and oxygen atoms in total. The van der Waals surface area contributed by atoms with Crippen LogP contribution in [-0.4, -0.2) is 13.0 Å². The third-order valence-corrected chi connectivity index (χ3v) is 3.49. The van der Waals surface area contributed by atoms with Crippen LogP contribution < -0.4 is 10.1 Å². The Morgan fingerprint density at radius 1 is 1.19 bits per heavy atom. The lowest BCUT2D eigenvalue weighted by Gasteiger charge is -2.14. The highest BCUT2D eigenvalue weighted by atomic mass is 16.5. The predicted octanol–water partition coefficient (Wildman–Crippen LogP) is 4.14. The number of ether oxygens (including phenoxy) is 1. The van der Waals surface area contributed by atoms with Crippen molar-refractivity contribution >= 4 is 11.6 Å². The minimum atomic E-state index is -0.00440. The molecule has 0 saturated carbocycles. The summed E-state index contributed by atoms with van der Waals surface area (Å²) in [4.78, 5) is 12.2. The number of aryl methyl sites for hydroxylation is 1. The van der Waals surface area contributed by atoms with Gasteiger partial charge in [0.25, 0.3) is 0 Å². The van der Waals surface area contributed by atoms with Crippen LogP contribution in [0.25, 0.3) is 0 Å². The average Bonchev–Trinajstić information content (AvgIpc) is 2.48. The lowest BCUT2D eigenvalue weighted by Crippen LogP contribution is -2.15. The summed E-state index contributed by atoms with van der Waals surface area (Å²) in [6.45, 7) is 4.05. The van der Waals surface area contributed by atoms with E-state index in [4.69, 9.17) is 4.74 Å². The number of benzene rings is 2. The van der Waals surface area contributed by atoms with Crippen molar-refractivity contribution in [2.75, 3.05) is 12.4 Å². The minimum absolute atomic E-state index is 0.00440. The van der Waals surface area contributed by atoms with Crippen molar-refractivity contribution in [3.8, 4) is 5.75 Å². The molecule has 0 aliphatic carbocycles. The Balaban J connectivity index is 2.04. The van der Waals surface area contributed by atoms with Gasteiger partial charge in [-0.2, -0.15) is 0 Å². The number of nitrogens with one attached hydrogen (secondary N) is 1. The van der Waals surface area contributed by atoms with Gasteiger partial charge in [0.1, 0.15) is 5.75 Å². The fourth-order valence-corrected chi connectivity index (χ4v) is 2.30. The van der Waals surface area contributed by atoms with Gasteiger partial charge < -0.3 is 10.1 Å². The smallest absolute Gasteiger partial charge is 0.225 e. The van der Waals surface area contributed by atoms with Gasteiger partial charge in [-0.3, -0.25) is 4.79 Å². The molecule has 2 rings (SSSR count). The molecule has 0 spiro atoms. The summed E-state index contributed by atoms with van der Waals surface area (Å²) in [5, 5.41) is 2.94. The monoisotopic (exact) mass is 283 g/mol. The molecule has 0 radical (unpaired) electrons. The number of rotatable bonds is 5. The summed E-state index contributed by atoms with van der Waals surface area (Å²) < 4.78 is 5.28. The Morgan fingerprint density at radius 3 is 2.57 bits per heavy atom. The number of carbonyl (C=O) groups excluding carboxylic acids is 1. The average molecular weight is 283 g/mol. The summed E-state index contributed by atoms with van der Waals surface area (Å²) in [6, 6.07) is 15.8. The van der Waals surface area contributed by atoms with Gasteiger partial charge in [-0.05, 0) is 36.1 Å². The lowest BCUT2D eigenvalue weighted by molar-refractivity contribution is -0.116. The predicted molar refractivity (Wildman–Crippen MR) is 85.8 cm³/mol. The second-order valence-electron chi connectivity index (χ2n) is 5.27. The third kappa shape index (κ3) is 4.09. The lowest BCUT2D eigenvalue weighted by atomic mass is 9.97. The van der Waals surface area contributed by atoms with Crippen LogP contribution in [-0.2, 0) is 4.79 Å². The highest BCUT2D eigenvalue weighted by molar-refractivity contribution is 5.92. The largest absolute Gasteiger partial charge is 0.495 e. The van der Waals surface area contributed by atoms with E-state index in [9.17, 15) is 4.79 Å². The Labute approximate surface area is 126 Å². The van der Waals surface area contributed by atoms with Crippen LogP contribution in [0.15, 0.2) is 48.5 Å². The highest BCUT2D eigenvalue weighted by Gasteiger charge is 2.13. The third-order valence-electron chi connectivity index (χ3n) is 3.49. The van der Waals surface area contributed by atoms with E-state index in [2.05, 4.69) is 12.2 Å². The van der Waals surface area contributed by atoms with E-state index in [0.717, 1.165) is 11.3 Å². The highest BCUT2D eigenvalue weighted by Crippen LogP contribution is 2.26. The van der Waals surface area contributed by atoms with Gasteiger partial charge in [-0.25, -0.2) is 0 Å². The first-order valence-electron chi connectivity index (χ1n) is 7.09. The van der Waals surface area contributed by atoms with Crippen LogP contribution in [0.1, 0.15) is 30.4 Å². The molecule has 2 aromatic rings. The molecule has 110 valence electrons. The van der Waals surface area contributed by atoms with Crippen LogP contribution in [0, 0.1) is 6.92 Å². The quantitative estimate of drug-likeness (QED) is 0.895. The van der Waals surface area contributed by atoms with Crippen LogP contribution in [0.4, 0.5) is 5.69 Å². The zero-order valence-corrected chi connectivity index (χ0v) is 12.7. The van der Waals surface area contributed by atoms with Crippen LogP contribution in [0.5, 0.6) is 5.75 Å². The van der Waals surface area contributed by atoms with Crippen molar-refractivity contribution < 1.29 is 9.53 Å². The van der Waals surface area contributed by atoms with Gasteiger partial charge in [0.15, 0.2) is 0 Å². The molecule has 1 unspecified atom stereocenters. The van der Waals surface area contributed by atoms with Crippen LogP contribution in [0.3, 0.4) is 0 Å². The Kier molecular flexibility index (Phi) is 4.99.